The second-order valence-electron chi connectivity index (χ2n) is 5.47. The second kappa shape index (κ2) is 5.63. The van der Waals surface area contributed by atoms with Crippen LogP contribution in [0.4, 0.5) is 11.4 Å². The minimum Gasteiger partial charge on any atom is -0.340 e. The third-order valence-corrected chi connectivity index (χ3v) is 3.91. The highest BCUT2D eigenvalue weighted by Gasteiger charge is 2.16. The van der Waals surface area contributed by atoms with E-state index in [4.69, 9.17) is 5.73 Å². The van der Waals surface area contributed by atoms with E-state index in [2.05, 4.69) is 40.2 Å². The molecule has 0 saturated carbocycles. The Morgan fingerprint density at radius 1 is 1.15 bits per heavy atom. The van der Waals surface area contributed by atoms with Gasteiger partial charge in [-0.15, -0.1) is 0 Å². The molecule has 1 aromatic carbocycles. The van der Waals surface area contributed by atoms with Gasteiger partial charge in [0, 0.05) is 18.3 Å². The van der Waals surface area contributed by atoms with Gasteiger partial charge >= 0.3 is 0 Å². The summed E-state index contributed by atoms with van der Waals surface area (Å²) >= 11 is 0. The second-order valence-corrected chi connectivity index (χ2v) is 5.47. The number of rotatable bonds is 2. The van der Waals surface area contributed by atoms with Crippen molar-refractivity contribution in [2.75, 3.05) is 11.4 Å². The Bertz CT molecular complexity index is 575. The zero-order valence-corrected chi connectivity index (χ0v) is 11.9. The van der Waals surface area contributed by atoms with Crippen molar-refractivity contribution >= 4 is 11.4 Å². The number of nitrogens with two attached hydrogens (primary N) is 1. The van der Waals surface area contributed by atoms with Gasteiger partial charge in [0.25, 0.3) is 0 Å². The van der Waals surface area contributed by atoms with Gasteiger partial charge in [-0.05, 0) is 49.9 Å². The van der Waals surface area contributed by atoms with E-state index in [1.807, 2.05) is 19.2 Å². The number of benzene rings is 1. The van der Waals surface area contributed by atoms with E-state index in [9.17, 15) is 0 Å². The van der Waals surface area contributed by atoms with E-state index in [1.54, 1.807) is 0 Å². The van der Waals surface area contributed by atoms with Gasteiger partial charge in [0.1, 0.15) is 0 Å². The van der Waals surface area contributed by atoms with E-state index >= 15 is 0 Å². The Morgan fingerprint density at radius 3 is 2.75 bits per heavy atom. The number of hydrogen-bond donors (Lipinski definition) is 1. The Labute approximate surface area is 120 Å². The Balaban J connectivity index is 1.97. The molecule has 0 amide bonds. The summed E-state index contributed by atoms with van der Waals surface area (Å²) in [5, 5.41) is 0. The fourth-order valence-electron chi connectivity index (χ4n) is 2.79. The van der Waals surface area contributed by atoms with Crippen LogP contribution in [0.15, 0.2) is 42.6 Å². The largest absolute Gasteiger partial charge is 0.340 e. The third kappa shape index (κ3) is 2.54. The van der Waals surface area contributed by atoms with Crippen molar-refractivity contribution < 1.29 is 0 Å². The zero-order chi connectivity index (χ0) is 13.9. The lowest BCUT2D eigenvalue weighted by atomic mass is 10.1. The normalized spacial score (nSPS) is 16.4. The number of fused-ring (bicyclic) bond motifs is 1. The number of aryl methyl sites for hydroxylation is 1. The minimum absolute atomic E-state index is 0.0135. The van der Waals surface area contributed by atoms with Gasteiger partial charge < -0.3 is 10.6 Å². The number of anilines is 2. The first-order valence-corrected chi connectivity index (χ1v) is 7.32. The quantitative estimate of drug-likeness (QED) is 0.904. The van der Waals surface area contributed by atoms with Crippen LogP contribution in [0.5, 0.6) is 0 Å². The summed E-state index contributed by atoms with van der Waals surface area (Å²) in [4.78, 5) is 6.87. The third-order valence-electron chi connectivity index (χ3n) is 3.91. The number of aromatic nitrogens is 1. The molecule has 1 aliphatic rings. The molecule has 1 aliphatic heterocycles. The van der Waals surface area contributed by atoms with Gasteiger partial charge in [0.15, 0.2) is 0 Å². The summed E-state index contributed by atoms with van der Waals surface area (Å²) in [5.41, 5.74) is 10.7. The molecule has 0 aliphatic carbocycles. The molecular formula is C17H21N3. The average molecular weight is 267 g/mol. The van der Waals surface area contributed by atoms with Crippen molar-refractivity contribution in [3.05, 3.63) is 53.9 Å². The molecule has 0 fully saturated rings. The lowest BCUT2D eigenvalue weighted by Crippen LogP contribution is -2.18. The standard InChI is InChI=1S/C17H21N3/c1-13(18)16-10-9-15(12-19-16)20-11-5-4-7-14-6-2-3-8-17(14)20/h2-3,6,8-10,12-13H,4-5,7,11,18H2,1H3/t13-/m0/s1. The molecule has 3 heteroatoms. The fraction of sp³-hybridized carbons (Fsp3) is 0.353. The van der Waals surface area contributed by atoms with Crippen LogP contribution in [0.25, 0.3) is 0 Å². The predicted molar refractivity (Wildman–Crippen MR) is 83.2 cm³/mol. The Hall–Kier alpha value is -1.87. The lowest BCUT2D eigenvalue weighted by Gasteiger charge is -2.25. The van der Waals surface area contributed by atoms with Crippen molar-refractivity contribution in [2.45, 2.75) is 32.2 Å². The maximum atomic E-state index is 5.87. The molecule has 2 aromatic rings. The van der Waals surface area contributed by atoms with Gasteiger partial charge in [-0.2, -0.15) is 0 Å². The molecule has 3 rings (SSSR count). The van der Waals surface area contributed by atoms with Crippen LogP contribution in [0.1, 0.15) is 37.1 Å². The first-order chi connectivity index (χ1) is 9.75. The maximum Gasteiger partial charge on any atom is 0.0597 e. The van der Waals surface area contributed by atoms with Crippen molar-refractivity contribution in [3.8, 4) is 0 Å². The van der Waals surface area contributed by atoms with Crippen LogP contribution in [-0.4, -0.2) is 11.5 Å². The number of nitrogens with zero attached hydrogens (tertiary/aromatic N) is 2. The summed E-state index contributed by atoms with van der Waals surface area (Å²) < 4.78 is 0. The van der Waals surface area contributed by atoms with Gasteiger partial charge in [-0.1, -0.05) is 18.2 Å². The van der Waals surface area contributed by atoms with Crippen LogP contribution in [0.2, 0.25) is 0 Å². The predicted octanol–water partition coefficient (Wildman–Crippen LogP) is 3.58. The van der Waals surface area contributed by atoms with E-state index in [0.29, 0.717) is 0 Å². The SMILES string of the molecule is C[C@H](N)c1ccc(N2CCCCc3ccccc32)cn1. The number of pyridine rings is 1. The van der Waals surface area contributed by atoms with E-state index in [-0.39, 0.29) is 6.04 Å². The van der Waals surface area contributed by atoms with Crippen LogP contribution in [0.3, 0.4) is 0 Å². The molecule has 0 spiro atoms. The molecular weight excluding hydrogens is 246 g/mol. The highest BCUT2D eigenvalue weighted by atomic mass is 15.1. The zero-order valence-electron chi connectivity index (χ0n) is 11.9. The summed E-state index contributed by atoms with van der Waals surface area (Å²) in [6.07, 6.45) is 5.57. The van der Waals surface area contributed by atoms with Crippen molar-refractivity contribution in [2.24, 2.45) is 5.73 Å². The molecule has 20 heavy (non-hydrogen) atoms. The lowest BCUT2D eigenvalue weighted by molar-refractivity contribution is 0.757. The maximum absolute atomic E-state index is 5.87. The van der Waals surface area contributed by atoms with Crippen molar-refractivity contribution in [3.63, 3.8) is 0 Å². The summed E-state index contributed by atoms with van der Waals surface area (Å²) in [6.45, 7) is 3.01. The van der Waals surface area contributed by atoms with E-state index < -0.39 is 0 Å². The van der Waals surface area contributed by atoms with Crippen molar-refractivity contribution in [1.82, 2.24) is 4.98 Å². The molecule has 2 heterocycles. The monoisotopic (exact) mass is 267 g/mol. The van der Waals surface area contributed by atoms with E-state index in [1.165, 1.54) is 24.1 Å². The van der Waals surface area contributed by atoms with E-state index in [0.717, 1.165) is 24.3 Å². The van der Waals surface area contributed by atoms with Crippen LogP contribution in [-0.2, 0) is 6.42 Å². The molecule has 1 aromatic heterocycles. The molecule has 1 atom stereocenters. The number of para-hydroxylation sites is 1. The highest BCUT2D eigenvalue weighted by molar-refractivity contribution is 5.66. The highest BCUT2D eigenvalue weighted by Crippen LogP contribution is 2.32. The summed E-state index contributed by atoms with van der Waals surface area (Å²) in [5.74, 6) is 0. The molecule has 0 bridgehead atoms. The molecule has 0 radical (unpaired) electrons. The topological polar surface area (TPSA) is 42.1 Å². The smallest absolute Gasteiger partial charge is 0.0597 e. The summed E-state index contributed by atoms with van der Waals surface area (Å²) in [6, 6.07) is 12.8. The van der Waals surface area contributed by atoms with Gasteiger partial charge in [0.2, 0.25) is 0 Å². The molecule has 0 saturated heterocycles. The first-order valence-electron chi connectivity index (χ1n) is 7.32. The van der Waals surface area contributed by atoms with Gasteiger partial charge in [0.05, 0.1) is 17.6 Å². The van der Waals surface area contributed by atoms with Crippen LogP contribution >= 0.6 is 0 Å². The Morgan fingerprint density at radius 2 is 2.00 bits per heavy atom. The average Bonchev–Trinajstić information content (AvgIpc) is 2.69. The number of hydrogen-bond acceptors (Lipinski definition) is 3. The molecule has 0 unspecified atom stereocenters. The van der Waals surface area contributed by atoms with Crippen LogP contribution < -0.4 is 10.6 Å². The van der Waals surface area contributed by atoms with Crippen LogP contribution in [0, 0.1) is 0 Å². The molecule has 2 N–H and O–H groups in total. The fourth-order valence-corrected chi connectivity index (χ4v) is 2.79. The van der Waals surface area contributed by atoms with Gasteiger partial charge in [-0.25, -0.2) is 0 Å². The molecule has 3 nitrogen and oxygen atoms in total. The summed E-state index contributed by atoms with van der Waals surface area (Å²) in [7, 11) is 0. The minimum atomic E-state index is -0.0135. The Kier molecular flexibility index (Phi) is 3.70. The first kappa shape index (κ1) is 13.1. The molecule has 104 valence electrons. The van der Waals surface area contributed by atoms with Gasteiger partial charge in [-0.3, -0.25) is 4.98 Å². The van der Waals surface area contributed by atoms with Crippen molar-refractivity contribution in [1.29, 1.82) is 0 Å².